The lowest BCUT2D eigenvalue weighted by Crippen LogP contribution is -2.19. The van der Waals surface area contributed by atoms with Crippen molar-refractivity contribution in [2.45, 2.75) is 148 Å². The van der Waals surface area contributed by atoms with E-state index in [4.69, 9.17) is 0 Å². The lowest BCUT2D eigenvalue weighted by molar-refractivity contribution is 0.560. The van der Waals surface area contributed by atoms with E-state index < -0.39 is 0 Å². The van der Waals surface area contributed by atoms with Crippen LogP contribution in [0, 0.1) is 76.2 Å². The van der Waals surface area contributed by atoms with Crippen LogP contribution in [0.15, 0.2) is 84.9 Å². The molecule has 0 unspecified atom stereocenters. The van der Waals surface area contributed by atoms with Crippen molar-refractivity contribution in [1.82, 2.24) is 0 Å². The highest BCUT2D eigenvalue weighted by molar-refractivity contribution is 6.05. The van der Waals surface area contributed by atoms with Crippen LogP contribution < -0.4 is 0 Å². The van der Waals surface area contributed by atoms with Gasteiger partial charge in [-0.05, 0) is 181 Å². The number of aryl methyl sites for hydroxylation is 9. The van der Waals surface area contributed by atoms with Crippen molar-refractivity contribution in [1.29, 1.82) is 0 Å². The van der Waals surface area contributed by atoms with Gasteiger partial charge in [-0.25, -0.2) is 0 Å². The van der Waals surface area contributed by atoms with E-state index in [2.05, 4.69) is 216 Å². The lowest BCUT2D eigenvalue weighted by Gasteiger charge is -2.29. The molecule has 0 nitrogen and oxygen atoms in total. The number of hydrogen-bond acceptors (Lipinski definition) is 0. The summed E-state index contributed by atoms with van der Waals surface area (Å²) in [6.07, 6.45) is 0. The van der Waals surface area contributed by atoms with Crippen LogP contribution in [0.2, 0.25) is 0 Å². The van der Waals surface area contributed by atoms with Gasteiger partial charge in [-0.2, -0.15) is 0 Å². The summed E-state index contributed by atoms with van der Waals surface area (Å²) in [5.41, 5.74) is 20.3. The van der Waals surface area contributed by atoms with Crippen molar-refractivity contribution >= 4 is 21.5 Å². The molecule has 0 radical (unpaired) electrons. The van der Waals surface area contributed by atoms with E-state index in [1.54, 1.807) is 0 Å². The molecule has 54 heavy (non-hydrogen) atoms. The summed E-state index contributed by atoms with van der Waals surface area (Å²) in [5.74, 6) is 0.643. The summed E-state index contributed by atoms with van der Waals surface area (Å²) in [5, 5.41) is 5.50. The van der Waals surface area contributed by atoms with E-state index >= 15 is 0 Å². The summed E-state index contributed by atoms with van der Waals surface area (Å²) in [4.78, 5) is 0. The molecule has 6 rings (SSSR count). The highest BCUT2D eigenvalue weighted by Gasteiger charge is 2.23. The molecule has 6 aromatic carbocycles. The van der Waals surface area contributed by atoms with E-state index in [1.807, 2.05) is 0 Å². The maximum absolute atomic E-state index is 2.34. The third-order valence-corrected chi connectivity index (χ3v) is 11.2. The zero-order chi connectivity index (χ0) is 40.9. The van der Waals surface area contributed by atoms with E-state index in [9.17, 15) is 0 Å². The molecule has 288 valence electrons. The number of hydrogen-bond donors (Lipinski definition) is 0. The highest BCUT2D eigenvalue weighted by Crippen LogP contribution is 2.35. The fourth-order valence-electron chi connectivity index (χ4n) is 7.84. The molecular weight excluding hydrogens is 649 g/mol. The summed E-state index contributed by atoms with van der Waals surface area (Å²) in [7, 11) is 0. The second kappa shape index (κ2) is 18.0. The molecule has 0 spiro atoms. The molecule has 0 atom stereocenters. The van der Waals surface area contributed by atoms with E-state index in [1.165, 1.54) is 99.4 Å². The van der Waals surface area contributed by atoms with E-state index in [0.29, 0.717) is 5.92 Å². The van der Waals surface area contributed by atoms with Crippen molar-refractivity contribution in [3.8, 4) is 0 Å². The van der Waals surface area contributed by atoms with Crippen LogP contribution in [0.1, 0.15) is 139 Å². The Bertz CT molecular complexity index is 2030. The smallest absolute Gasteiger partial charge is 0.0129 e. The second-order valence-electron chi connectivity index (χ2n) is 18.3. The third kappa shape index (κ3) is 11.0. The van der Waals surface area contributed by atoms with Gasteiger partial charge in [0.15, 0.2) is 0 Å². The van der Waals surface area contributed by atoms with Crippen LogP contribution in [0.25, 0.3) is 21.5 Å². The molecule has 0 aliphatic heterocycles. The van der Waals surface area contributed by atoms with Gasteiger partial charge in [0.2, 0.25) is 0 Å². The Balaban J connectivity index is 0.000000197. The molecule has 0 heterocycles. The molecule has 0 bridgehead atoms. The monoisotopic (exact) mass is 721 g/mol. The number of fused-ring (bicyclic) bond motifs is 2. The zero-order valence-electron chi connectivity index (χ0n) is 37.7. The maximum atomic E-state index is 2.34. The first kappa shape index (κ1) is 44.2. The van der Waals surface area contributed by atoms with Crippen LogP contribution in [-0.2, 0) is 10.8 Å². The van der Waals surface area contributed by atoms with E-state index in [0.717, 1.165) is 0 Å². The predicted octanol–water partition coefficient (Wildman–Crippen LogP) is 16.2. The summed E-state index contributed by atoms with van der Waals surface area (Å²) in [6.45, 7) is 42.3. The van der Waals surface area contributed by atoms with Crippen LogP contribution in [-0.4, -0.2) is 0 Å². The molecule has 0 saturated carbocycles. The van der Waals surface area contributed by atoms with Gasteiger partial charge in [0, 0.05) is 0 Å². The topological polar surface area (TPSA) is 0 Å². The van der Waals surface area contributed by atoms with E-state index in [-0.39, 0.29) is 10.8 Å². The predicted molar refractivity (Wildman–Crippen MR) is 244 cm³/mol. The van der Waals surface area contributed by atoms with Crippen LogP contribution in [0.4, 0.5) is 0 Å². The summed E-state index contributed by atoms with van der Waals surface area (Å²) in [6, 6.07) is 31.0. The quantitative estimate of drug-likeness (QED) is 0.148. The fraction of sp³-hybridized carbons (Fsp3) is 0.407. The van der Waals surface area contributed by atoms with Crippen molar-refractivity contribution in [2.24, 2.45) is 0 Å². The molecule has 0 aliphatic carbocycles. The largest absolute Gasteiger partial charge is 0.0616 e. The van der Waals surface area contributed by atoms with Crippen LogP contribution >= 0.6 is 0 Å². The van der Waals surface area contributed by atoms with Crippen molar-refractivity contribution in [3.63, 3.8) is 0 Å². The van der Waals surface area contributed by atoms with Gasteiger partial charge in [0.05, 0.1) is 0 Å². The Morgan fingerprint density at radius 3 is 1.02 bits per heavy atom. The highest BCUT2D eigenvalue weighted by atomic mass is 14.3. The van der Waals surface area contributed by atoms with Crippen LogP contribution in [0.3, 0.4) is 0 Å². The van der Waals surface area contributed by atoms with Crippen molar-refractivity contribution in [3.05, 3.63) is 163 Å². The molecule has 6 aromatic rings. The van der Waals surface area contributed by atoms with Gasteiger partial charge < -0.3 is 0 Å². The minimum absolute atomic E-state index is 0.232. The summed E-state index contributed by atoms with van der Waals surface area (Å²) < 4.78 is 0. The molecule has 0 heteroatoms. The fourth-order valence-corrected chi connectivity index (χ4v) is 7.84. The Hall–Kier alpha value is -4.16. The molecule has 0 N–H and O–H groups in total. The maximum Gasteiger partial charge on any atom is -0.0129 e. The molecule has 0 fully saturated rings. The first-order chi connectivity index (χ1) is 24.9. The minimum atomic E-state index is 0.232. The Labute approximate surface area is 331 Å². The SMILES string of the molecule is Cc1c2ccccc2c(C)c2ccccc12.Cc1cc(C(C)(C)C)c(C)c(C(C)(C)C)c1.Cc1cc(C)c(C(C)C)cc1C.Cc1cc(C)c(C)c(C)c1. The van der Waals surface area contributed by atoms with Gasteiger partial charge in [0.1, 0.15) is 0 Å². The van der Waals surface area contributed by atoms with Crippen LogP contribution in [0.5, 0.6) is 0 Å². The number of rotatable bonds is 1. The van der Waals surface area contributed by atoms with Gasteiger partial charge >= 0.3 is 0 Å². The summed E-state index contributed by atoms with van der Waals surface area (Å²) >= 11 is 0. The Morgan fingerprint density at radius 1 is 0.352 bits per heavy atom. The first-order valence-corrected chi connectivity index (χ1v) is 20.1. The van der Waals surface area contributed by atoms with Gasteiger partial charge in [0.25, 0.3) is 0 Å². The Kier molecular flexibility index (Phi) is 14.7. The standard InChI is InChI=1S/C16H14.C16H26.C12H18.C10H14/c1-11-13-7-3-5-9-15(13)12(2)16-10-6-4-8-14(11)16;1-11-9-13(15(3,4)5)12(2)14(10-11)16(6,7)8;1-8(2)12-7-10(4)9(3)6-11(12)5;1-7-5-8(2)10(4)9(3)6-7/h3-10H,1-2H3;9-10H,1-8H3;6-8H,1-5H3;5-6H,1-4H3. The average Bonchev–Trinajstić information content (AvgIpc) is 3.08. The molecule has 0 aromatic heterocycles. The van der Waals surface area contributed by atoms with Gasteiger partial charge in [-0.1, -0.05) is 151 Å². The normalized spacial score (nSPS) is 11.4. The molecule has 0 aliphatic rings. The minimum Gasteiger partial charge on any atom is -0.0616 e. The average molecular weight is 721 g/mol. The molecular formula is C54H72. The van der Waals surface area contributed by atoms with Gasteiger partial charge in [-0.3, -0.25) is 0 Å². The van der Waals surface area contributed by atoms with Gasteiger partial charge in [-0.15, -0.1) is 0 Å². The first-order valence-electron chi connectivity index (χ1n) is 20.1. The zero-order valence-corrected chi connectivity index (χ0v) is 37.7. The molecule has 0 amide bonds. The van der Waals surface area contributed by atoms with Crippen molar-refractivity contribution in [2.75, 3.05) is 0 Å². The second-order valence-corrected chi connectivity index (χ2v) is 18.3. The van der Waals surface area contributed by atoms with Crippen molar-refractivity contribution < 1.29 is 0 Å². The molecule has 0 saturated heterocycles. The lowest BCUT2D eigenvalue weighted by atomic mass is 9.76. The number of benzene rings is 6. The third-order valence-electron chi connectivity index (χ3n) is 11.2. The Morgan fingerprint density at radius 2 is 0.685 bits per heavy atom.